The number of hydrogen-bond donors (Lipinski definition) is 1. The zero-order valence-electron chi connectivity index (χ0n) is 44.9. The fraction of sp³-hybridized carbons (Fsp3) is 0.845. The van der Waals surface area contributed by atoms with E-state index >= 15 is 0 Å². The lowest BCUT2D eigenvalue weighted by Gasteiger charge is -2.24. The van der Waals surface area contributed by atoms with E-state index in [1.807, 2.05) is 21.1 Å². The fourth-order valence-electron chi connectivity index (χ4n) is 7.97. The number of phosphoric acid groups is 1. The van der Waals surface area contributed by atoms with Gasteiger partial charge in [-0.2, -0.15) is 0 Å². The molecular weight excluding hydrogens is 854 g/mol. The van der Waals surface area contributed by atoms with Crippen LogP contribution in [0.5, 0.6) is 0 Å². The Morgan fingerprint density at radius 3 is 1.21 bits per heavy atom. The molecule has 2 atom stereocenters. The molecule has 1 N–H and O–H groups in total. The SMILES string of the molecule is CCCCCCC/C=C\C/C=C\CCCCCCCCCCCCCC(=O)OC(COCCCCCCCCCCCC/C=C\C/C=C\CCCCCCC)COP(=O)(O)OCC[N+](C)(C)C. The number of hydrogen-bond acceptors (Lipinski definition) is 6. The second-order valence-corrected chi connectivity index (χ2v) is 21.8. The molecule has 394 valence electrons. The maximum atomic E-state index is 12.8. The highest BCUT2D eigenvalue weighted by Gasteiger charge is 2.26. The van der Waals surface area contributed by atoms with Crippen LogP contribution in [0.4, 0.5) is 0 Å². The van der Waals surface area contributed by atoms with Crippen LogP contribution in [0.25, 0.3) is 0 Å². The number of rotatable bonds is 53. The molecule has 9 heteroatoms. The molecule has 0 aliphatic carbocycles. The van der Waals surface area contributed by atoms with Gasteiger partial charge >= 0.3 is 13.8 Å². The van der Waals surface area contributed by atoms with Crippen molar-refractivity contribution in [3.63, 3.8) is 0 Å². The number of carbonyl (C=O) groups is 1. The van der Waals surface area contributed by atoms with Crippen molar-refractivity contribution in [1.29, 1.82) is 0 Å². The van der Waals surface area contributed by atoms with Crippen LogP contribution in [-0.2, 0) is 27.9 Å². The molecule has 0 spiro atoms. The van der Waals surface area contributed by atoms with Crippen molar-refractivity contribution in [1.82, 2.24) is 0 Å². The van der Waals surface area contributed by atoms with Gasteiger partial charge in [0.25, 0.3) is 0 Å². The highest BCUT2D eigenvalue weighted by molar-refractivity contribution is 7.47. The fourth-order valence-corrected chi connectivity index (χ4v) is 8.71. The van der Waals surface area contributed by atoms with Crippen molar-refractivity contribution < 1.29 is 37.3 Å². The second kappa shape index (κ2) is 50.8. The minimum Gasteiger partial charge on any atom is -0.457 e. The summed E-state index contributed by atoms with van der Waals surface area (Å²) in [6, 6.07) is 0. The molecule has 0 radical (unpaired) electrons. The van der Waals surface area contributed by atoms with Crippen LogP contribution >= 0.6 is 7.82 Å². The van der Waals surface area contributed by atoms with Crippen LogP contribution in [0, 0.1) is 0 Å². The lowest BCUT2D eigenvalue weighted by atomic mass is 10.0. The van der Waals surface area contributed by atoms with Gasteiger partial charge in [-0.15, -0.1) is 0 Å². The van der Waals surface area contributed by atoms with E-state index in [-0.39, 0.29) is 25.8 Å². The van der Waals surface area contributed by atoms with Gasteiger partial charge in [-0.1, -0.05) is 223 Å². The van der Waals surface area contributed by atoms with Crippen LogP contribution in [0.1, 0.15) is 258 Å². The lowest BCUT2D eigenvalue weighted by Crippen LogP contribution is -2.37. The smallest absolute Gasteiger partial charge is 0.457 e. The van der Waals surface area contributed by atoms with Gasteiger partial charge in [0.1, 0.15) is 19.3 Å². The monoisotopic (exact) mass is 965 g/mol. The quantitative estimate of drug-likeness (QED) is 0.0213. The average Bonchev–Trinajstić information content (AvgIpc) is 3.29. The van der Waals surface area contributed by atoms with Gasteiger partial charge < -0.3 is 18.9 Å². The summed E-state index contributed by atoms with van der Waals surface area (Å²) < 4.78 is 35.3. The van der Waals surface area contributed by atoms with Crippen LogP contribution in [-0.4, -0.2) is 75.6 Å². The topological polar surface area (TPSA) is 91.3 Å². The molecule has 0 saturated heterocycles. The average molecular weight is 965 g/mol. The third kappa shape index (κ3) is 55.3. The number of unbranched alkanes of at least 4 members (excludes halogenated alkanes) is 31. The van der Waals surface area contributed by atoms with E-state index in [0.29, 0.717) is 24.1 Å². The van der Waals surface area contributed by atoms with Crippen LogP contribution < -0.4 is 0 Å². The normalized spacial score (nSPS) is 13.8. The number of nitrogens with zero attached hydrogens (tertiary/aromatic N) is 1. The molecule has 0 fully saturated rings. The first-order valence-electron chi connectivity index (χ1n) is 28.4. The van der Waals surface area contributed by atoms with Crippen molar-refractivity contribution >= 4 is 13.8 Å². The van der Waals surface area contributed by atoms with E-state index in [1.54, 1.807) is 0 Å². The van der Waals surface area contributed by atoms with Gasteiger partial charge in [0.15, 0.2) is 0 Å². The summed E-state index contributed by atoms with van der Waals surface area (Å²) in [5.41, 5.74) is 0. The zero-order chi connectivity index (χ0) is 49.0. The van der Waals surface area contributed by atoms with Gasteiger partial charge in [0, 0.05) is 13.0 Å². The largest absolute Gasteiger partial charge is 0.472 e. The minimum atomic E-state index is -4.29. The minimum absolute atomic E-state index is 0.0872. The van der Waals surface area contributed by atoms with E-state index in [2.05, 4.69) is 62.5 Å². The Hall–Kier alpha value is -1.54. The summed E-state index contributed by atoms with van der Waals surface area (Å²) in [5.74, 6) is -0.314. The summed E-state index contributed by atoms with van der Waals surface area (Å²) in [5, 5.41) is 0. The molecule has 0 saturated carbocycles. The molecule has 67 heavy (non-hydrogen) atoms. The Morgan fingerprint density at radius 1 is 0.463 bits per heavy atom. The van der Waals surface area contributed by atoms with Gasteiger partial charge in [-0.25, -0.2) is 4.57 Å². The molecule has 0 heterocycles. The van der Waals surface area contributed by atoms with Crippen molar-refractivity contribution in [2.45, 2.75) is 264 Å². The van der Waals surface area contributed by atoms with E-state index in [1.165, 1.54) is 193 Å². The highest BCUT2D eigenvalue weighted by atomic mass is 31.2. The number of likely N-dealkylation sites (N-methyl/N-ethyl adjacent to an activating group) is 1. The third-order valence-corrected chi connectivity index (χ3v) is 13.3. The lowest BCUT2D eigenvalue weighted by molar-refractivity contribution is -0.870. The maximum Gasteiger partial charge on any atom is 0.472 e. The molecule has 0 aromatic rings. The highest BCUT2D eigenvalue weighted by Crippen LogP contribution is 2.43. The Morgan fingerprint density at radius 2 is 0.821 bits per heavy atom. The van der Waals surface area contributed by atoms with Crippen LogP contribution in [0.2, 0.25) is 0 Å². The van der Waals surface area contributed by atoms with Gasteiger partial charge in [0.2, 0.25) is 0 Å². The molecule has 0 amide bonds. The Balaban J connectivity index is 4.09. The number of phosphoric ester groups is 1. The number of esters is 1. The number of ether oxygens (including phenoxy) is 2. The summed E-state index contributed by atoms with van der Waals surface area (Å²) in [4.78, 5) is 23.1. The molecule has 8 nitrogen and oxygen atoms in total. The van der Waals surface area contributed by atoms with Gasteiger partial charge in [-0.3, -0.25) is 13.8 Å². The van der Waals surface area contributed by atoms with Gasteiger partial charge in [-0.05, 0) is 77.0 Å². The maximum absolute atomic E-state index is 12.8. The third-order valence-electron chi connectivity index (χ3n) is 12.4. The van der Waals surface area contributed by atoms with E-state index in [0.717, 1.165) is 44.9 Å². The molecule has 0 aromatic heterocycles. The van der Waals surface area contributed by atoms with E-state index in [4.69, 9.17) is 18.5 Å². The predicted molar refractivity (Wildman–Crippen MR) is 289 cm³/mol. The summed E-state index contributed by atoms with van der Waals surface area (Å²) in [6.07, 6.45) is 64.5. The Kier molecular flexibility index (Phi) is 49.7. The number of quaternary nitrogens is 1. The first kappa shape index (κ1) is 65.5. The van der Waals surface area contributed by atoms with E-state index < -0.39 is 13.9 Å². The zero-order valence-corrected chi connectivity index (χ0v) is 45.8. The molecule has 0 aliphatic heterocycles. The van der Waals surface area contributed by atoms with Crippen molar-refractivity contribution in [3.8, 4) is 0 Å². The molecule has 0 aromatic carbocycles. The first-order valence-corrected chi connectivity index (χ1v) is 29.9. The summed E-state index contributed by atoms with van der Waals surface area (Å²) in [7, 11) is 1.67. The standard InChI is InChI=1S/C58H110NO7P/c1-6-8-10-12-14-16-18-20-22-24-26-28-30-31-33-35-37-39-41-43-45-47-49-51-58(60)66-57(56-65-67(61,62)64-54-52-59(3,4)5)55-63-53-50-48-46-44-42-40-38-36-34-32-29-27-25-23-21-19-17-15-13-11-9-7-2/h18-21,24-27,57H,6-17,22-23,28-56H2,1-5H3/p+1/b20-18-,21-19-,26-24-,27-25-. The van der Waals surface area contributed by atoms with Crippen molar-refractivity contribution in [2.75, 3.05) is 54.1 Å². The molecule has 0 bridgehead atoms. The summed E-state index contributed by atoms with van der Waals surface area (Å²) in [6.45, 7) is 5.63. The summed E-state index contributed by atoms with van der Waals surface area (Å²) >= 11 is 0. The van der Waals surface area contributed by atoms with Crippen LogP contribution in [0.15, 0.2) is 48.6 Å². The predicted octanol–water partition coefficient (Wildman–Crippen LogP) is 17.8. The number of carbonyl (C=O) groups excluding carboxylic acids is 1. The van der Waals surface area contributed by atoms with Gasteiger partial charge in [0.05, 0.1) is 34.4 Å². The van der Waals surface area contributed by atoms with Crippen LogP contribution in [0.3, 0.4) is 0 Å². The van der Waals surface area contributed by atoms with Crippen molar-refractivity contribution in [2.24, 2.45) is 0 Å². The number of allylic oxidation sites excluding steroid dienone is 8. The van der Waals surface area contributed by atoms with Crippen molar-refractivity contribution in [3.05, 3.63) is 48.6 Å². The molecular formula is C58H111NO7P+. The van der Waals surface area contributed by atoms with E-state index in [9.17, 15) is 14.3 Å². The Labute approximate surface area is 416 Å². The molecule has 2 unspecified atom stereocenters. The molecule has 0 rings (SSSR count). The second-order valence-electron chi connectivity index (χ2n) is 20.3. The Bertz CT molecular complexity index is 1210. The first-order chi connectivity index (χ1) is 32.6. The molecule has 0 aliphatic rings.